The minimum atomic E-state index is -2.06. The maximum atomic E-state index is 12.4. The summed E-state index contributed by atoms with van der Waals surface area (Å²) in [6.45, 7) is 8.02. The molecule has 1 heterocycles. The Kier molecular flexibility index (Phi) is 7.25. The molecule has 0 aromatic heterocycles. The highest BCUT2D eigenvalue weighted by molar-refractivity contribution is 7.98. The van der Waals surface area contributed by atoms with Gasteiger partial charge in [-0.15, -0.1) is 18.3 Å². The summed E-state index contributed by atoms with van der Waals surface area (Å²) in [6.07, 6.45) is 6.33. The molecule has 0 aromatic rings. The molecule has 148 valence electrons. The van der Waals surface area contributed by atoms with Crippen LogP contribution in [0.2, 0.25) is 0 Å². The highest BCUT2D eigenvalue weighted by Gasteiger charge is 2.50. The van der Waals surface area contributed by atoms with Crippen molar-refractivity contribution in [3.63, 3.8) is 0 Å². The molecule has 3 atom stereocenters. The van der Waals surface area contributed by atoms with E-state index in [2.05, 4.69) is 11.9 Å². The molecule has 0 saturated carbocycles. The molecule has 1 aliphatic heterocycles. The number of rotatable bonds is 6. The largest absolute Gasteiger partial charge is 0.488 e. The molecule has 1 aliphatic carbocycles. The van der Waals surface area contributed by atoms with Crippen LogP contribution in [0.1, 0.15) is 26.7 Å². The first kappa shape index (κ1) is 22.2. The van der Waals surface area contributed by atoms with E-state index >= 15 is 0 Å². The van der Waals surface area contributed by atoms with Gasteiger partial charge in [0.05, 0.1) is 24.0 Å². The van der Waals surface area contributed by atoms with Gasteiger partial charge >= 0.3 is 0 Å². The number of hydrogen-bond acceptors (Lipinski definition) is 5. The third kappa shape index (κ3) is 5.24. The SMILES string of the molecule is C=C[C@]1(NC(=O)C(Cl)(Cl)Cl)CC=C(OCSC)C[C@H]1[C@H]1COC(C)(C)O1. The zero-order valence-electron chi connectivity index (χ0n) is 15.0. The fourth-order valence-corrected chi connectivity index (χ4v) is 3.67. The van der Waals surface area contributed by atoms with E-state index in [1.165, 1.54) is 0 Å². The van der Waals surface area contributed by atoms with Gasteiger partial charge in [-0.25, -0.2) is 0 Å². The van der Waals surface area contributed by atoms with Gasteiger partial charge in [0.2, 0.25) is 0 Å². The van der Waals surface area contributed by atoms with Gasteiger partial charge in [-0.2, -0.15) is 0 Å². The van der Waals surface area contributed by atoms with E-state index in [1.54, 1.807) is 17.8 Å². The van der Waals surface area contributed by atoms with E-state index in [0.717, 1.165) is 5.76 Å². The first-order valence-corrected chi connectivity index (χ1v) is 10.7. The zero-order chi connectivity index (χ0) is 19.6. The van der Waals surface area contributed by atoms with Gasteiger partial charge in [-0.1, -0.05) is 40.9 Å². The van der Waals surface area contributed by atoms with E-state index < -0.39 is 21.0 Å². The summed E-state index contributed by atoms with van der Waals surface area (Å²) < 4.78 is 15.5. The number of allylic oxidation sites excluding steroid dienone is 1. The van der Waals surface area contributed by atoms with Crippen LogP contribution >= 0.6 is 46.6 Å². The Balaban J connectivity index is 2.30. The number of hydrogen-bond donors (Lipinski definition) is 1. The lowest BCUT2D eigenvalue weighted by Crippen LogP contribution is -2.59. The van der Waals surface area contributed by atoms with Gasteiger partial charge in [-0.05, 0) is 32.6 Å². The quantitative estimate of drug-likeness (QED) is 0.378. The number of halogens is 3. The molecule has 1 saturated heterocycles. The lowest BCUT2D eigenvalue weighted by atomic mass is 9.72. The fraction of sp³-hybridized carbons (Fsp3) is 0.706. The van der Waals surface area contributed by atoms with Crippen LogP contribution < -0.4 is 5.32 Å². The third-order valence-corrected chi connectivity index (χ3v) is 5.43. The molecule has 26 heavy (non-hydrogen) atoms. The normalized spacial score (nSPS) is 31.2. The molecule has 1 fully saturated rings. The van der Waals surface area contributed by atoms with Gasteiger partial charge in [0.15, 0.2) is 5.79 Å². The lowest BCUT2D eigenvalue weighted by Gasteiger charge is -2.44. The van der Waals surface area contributed by atoms with Crippen LogP contribution in [-0.4, -0.2) is 45.9 Å². The summed E-state index contributed by atoms with van der Waals surface area (Å²) in [5.74, 6) is -0.183. The Morgan fingerprint density at radius 1 is 1.54 bits per heavy atom. The van der Waals surface area contributed by atoms with Gasteiger partial charge in [-0.3, -0.25) is 4.79 Å². The Bertz CT molecular complexity index is 579. The summed E-state index contributed by atoms with van der Waals surface area (Å²) in [5, 5.41) is 2.86. The van der Waals surface area contributed by atoms with E-state index in [0.29, 0.717) is 25.4 Å². The number of carbonyl (C=O) groups is 1. The van der Waals surface area contributed by atoms with Crippen LogP contribution in [0, 0.1) is 5.92 Å². The van der Waals surface area contributed by atoms with Crippen molar-refractivity contribution in [2.75, 3.05) is 18.8 Å². The van der Waals surface area contributed by atoms with Gasteiger partial charge in [0, 0.05) is 12.3 Å². The number of thioether (sulfide) groups is 1. The summed E-state index contributed by atoms with van der Waals surface area (Å²) in [7, 11) is 0. The monoisotopic (exact) mass is 443 g/mol. The highest BCUT2D eigenvalue weighted by atomic mass is 35.6. The number of ether oxygens (including phenoxy) is 3. The molecule has 0 aromatic carbocycles. The summed E-state index contributed by atoms with van der Waals surface area (Å²) >= 11 is 18.9. The second-order valence-electron chi connectivity index (χ2n) is 6.80. The van der Waals surface area contributed by atoms with E-state index in [4.69, 9.17) is 49.0 Å². The molecule has 2 aliphatic rings. The maximum Gasteiger partial charge on any atom is 0.272 e. The number of nitrogens with one attached hydrogen (secondary N) is 1. The Morgan fingerprint density at radius 2 is 2.23 bits per heavy atom. The maximum absolute atomic E-state index is 12.4. The highest BCUT2D eigenvalue weighted by Crippen LogP contribution is 2.42. The number of alkyl halides is 3. The molecule has 1 amide bonds. The fourth-order valence-electron chi connectivity index (χ4n) is 3.26. The molecule has 1 N–H and O–H groups in total. The van der Waals surface area contributed by atoms with Crippen molar-refractivity contribution in [1.82, 2.24) is 5.32 Å². The molecule has 2 rings (SSSR count). The van der Waals surface area contributed by atoms with Crippen LogP contribution in [0.3, 0.4) is 0 Å². The van der Waals surface area contributed by atoms with Crippen molar-refractivity contribution in [1.29, 1.82) is 0 Å². The molecular formula is C17H24Cl3NO4S. The second-order valence-corrected chi connectivity index (χ2v) is 9.89. The molecule has 0 bridgehead atoms. The van der Waals surface area contributed by atoms with Crippen molar-refractivity contribution in [2.45, 2.75) is 47.9 Å². The standard InChI is InChI=1S/C17H24Cl3NO4S/c1-5-16(21-14(22)17(18,19)20)7-6-11(23-10-26-4)8-12(16)13-9-24-15(2,3)25-13/h5-6,12-13H,1,7-10H2,2-4H3,(H,21,22)/t12-,13+,16-/m0/s1. The third-order valence-electron chi connectivity index (χ3n) is 4.56. The van der Waals surface area contributed by atoms with E-state index in [9.17, 15) is 4.79 Å². The molecule has 9 heteroatoms. The van der Waals surface area contributed by atoms with E-state index in [1.807, 2.05) is 26.2 Å². The summed E-state index contributed by atoms with van der Waals surface area (Å²) in [6, 6.07) is 0. The van der Waals surface area contributed by atoms with E-state index in [-0.39, 0.29) is 12.0 Å². The Morgan fingerprint density at radius 3 is 2.73 bits per heavy atom. The number of carbonyl (C=O) groups excluding carboxylic acids is 1. The average molecular weight is 445 g/mol. The first-order chi connectivity index (χ1) is 12.0. The van der Waals surface area contributed by atoms with Gasteiger partial charge in [0.1, 0.15) is 5.94 Å². The minimum absolute atomic E-state index is 0.181. The van der Waals surface area contributed by atoms with Crippen LogP contribution in [0.5, 0.6) is 0 Å². The van der Waals surface area contributed by atoms with Gasteiger partial charge in [0.25, 0.3) is 9.70 Å². The molecular weight excluding hydrogens is 421 g/mol. The van der Waals surface area contributed by atoms with Crippen molar-refractivity contribution >= 4 is 52.5 Å². The summed E-state index contributed by atoms with van der Waals surface area (Å²) in [4.78, 5) is 12.4. The predicted octanol–water partition coefficient (Wildman–Crippen LogP) is 4.18. The molecule has 0 unspecified atom stereocenters. The molecule has 0 spiro atoms. The topological polar surface area (TPSA) is 56.8 Å². The van der Waals surface area contributed by atoms with Gasteiger partial charge < -0.3 is 19.5 Å². The van der Waals surface area contributed by atoms with Crippen molar-refractivity contribution < 1.29 is 19.0 Å². The minimum Gasteiger partial charge on any atom is -0.488 e. The lowest BCUT2D eigenvalue weighted by molar-refractivity contribution is -0.149. The van der Waals surface area contributed by atoms with Crippen molar-refractivity contribution in [3.05, 3.63) is 24.5 Å². The Labute approximate surface area is 173 Å². The van der Waals surface area contributed by atoms with Crippen LogP contribution in [0.25, 0.3) is 0 Å². The molecule has 5 nitrogen and oxygen atoms in total. The average Bonchev–Trinajstić information content (AvgIpc) is 2.92. The summed E-state index contributed by atoms with van der Waals surface area (Å²) in [5.41, 5.74) is -0.832. The van der Waals surface area contributed by atoms with Crippen LogP contribution in [0.15, 0.2) is 24.5 Å². The number of amides is 1. The molecule has 0 radical (unpaired) electrons. The predicted molar refractivity (Wildman–Crippen MR) is 107 cm³/mol. The van der Waals surface area contributed by atoms with Crippen LogP contribution in [0.4, 0.5) is 0 Å². The Hall–Kier alpha value is -0.110. The first-order valence-electron chi connectivity index (χ1n) is 8.18. The van der Waals surface area contributed by atoms with Crippen molar-refractivity contribution in [2.24, 2.45) is 5.92 Å². The van der Waals surface area contributed by atoms with Crippen LogP contribution in [-0.2, 0) is 19.0 Å². The second kappa shape index (κ2) is 8.50. The zero-order valence-corrected chi connectivity index (χ0v) is 18.1. The van der Waals surface area contributed by atoms with Crippen molar-refractivity contribution in [3.8, 4) is 0 Å². The smallest absolute Gasteiger partial charge is 0.272 e.